The van der Waals surface area contributed by atoms with E-state index in [2.05, 4.69) is 10.6 Å². The molecule has 0 saturated carbocycles. The number of fused-ring (bicyclic) bond motifs is 1. The molecule has 0 aromatic heterocycles. The number of aryl methyl sites for hydroxylation is 2. The van der Waals surface area contributed by atoms with E-state index in [0.29, 0.717) is 24.7 Å². The van der Waals surface area contributed by atoms with Crippen molar-refractivity contribution in [3.8, 4) is 11.5 Å². The highest BCUT2D eigenvalue weighted by atomic mass is 16.6. The molecule has 8 nitrogen and oxygen atoms in total. The summed E-state index contributed by atoms with van der Waals surface area (Å²) >= 11 is 0. The molecule has 1 heterocycles. The zero-order valence-electron chi connectivity index (χ0n) is 16.2. The minimum atomic E-state index is -0.669. The fourth-order valence-electron chi connectivity index (χ4n) is 2.81. The molecule has 0 bridgehead atoms. The maximum Gasteiger partial charge on any atom is 0.338 e. The maximum absolute atomic E-state index is 12.1. The molecule has 0 spiro atoms. The minimum absolute atomic E-state index is 0.228. The van der Waals surface area contributed by atoms with Crippen LogP contribution >= 0.6 is 0 Å². The fourth-order valence-corrected chi connectivity index (χ4v) is 2.81. The van der Waals surface area contributed by atoms with Gasteiger partial charge in [-0.2, -0.15) is 0 Å². The van der Waals surface area contributed by atoms with Crippen LogP contribution in [0.3, 0.4) is 0 Å². The molecule has 8 heteroatoms. The van der Waals surface area contributed by atoms with Gasteiger partial charge < -0.3 is 24.8 Å². The molecule has 0 atom stereocenters. The van der Waals surface area contributed by atoms with E-state index in [-0.39, 0.29) is 18.0 Å². The summed E-state index contributed by atoms with van der Waals surface area (Å²) < 4.78 is 15.8. The van der Waals surface area contributed by atoms with E-state index in [4.69, 9.17) is 14.2 Å². The van der Waals surface area contributed by atoms with Crippen LogP contribution in [0.5, 0.6) is 11.5 Å². The van der Waals surface area contributed by atoms with Crippen LogP contribution in [0, 0.1) is 13.8 Å². The summed E-state index contributed by atoms with van der Waals surface area (Å²) in [4.78, 5) is 36.1. The van der Waals surface area contributed by atoms with Crippen molar-refractivity contribution in [2.75, 3.05) is 31.7 Å². The van der Waals surface area contributed by atoms with Gasteiger partial charge in [0.2, 0.25) is 5.91 Å². The van der Waals surface area contributed by atoms with E-state index < -0.39 is 18.5 Å². The first kappa shape index (κ1) is 20.2. The Labute approximate surface area is 168 Å². The maximum atomic E-state index is 12.1. The number of carbonyl (C=O) groups is 3. The van der Waals surface area contributed by atoms with Gasteiger partial charge in [0.1, 0.15) is 13.2 Å². The topological polar surface area (TPSA) is 103 Å². The minimum Gasteiger partial charge on any atom is -0.486 e. The smallest absolute Gasteiger partial charge is 0.338 e. The average Bonchev–Trinajstić information content (AvgIpc) is 2.72. The molecular formula is C21H22N2O6. The van der Waals surface area contributed by atoms with E-state index in [9.17, 15) is 14.4 Å². The third kappa shape index (κ3) is 5.25. The molecule has 1 aliphatic rings. The van der Waals surface area contributed by atoms with Crippen molar-refractivity contribution in [3.05, 3.63) is 53.1 Å². The van der Waals surface area contributed by atoms with Crippen molar-refractivity contribution in [1.82, 2.24) is 5.32 Å². The summed E-state index contributed by atoms with van der Waals surface area (Å²) in [5, 5.41) is 5.19. The molecule has 0 fully saturated rings. The molecule has 0 saturated heterocycles. The van der Waals surface area contributed by atoms with Crippen LogP contribution in [0.1, 0.15) is 21.5 Å². The predicted molar refractivity (Wildman–Crippen MR) is 105 cm³/mol. The molecule has 1 aliphatic heterocycles. The Balaban J connectivity index is 1.45. The largest absolute Gasteiger partial charge is 0.486 e. The van der Waals surface area contributed by atoms with Gasteiger partial charge in [-0.1, -0.05) is 18.2 Å². The van der Waals surface area contributed by atoms with Gasteiger partial charge in [0.25, 0.3) is 5.91 Å². The number of esters is 1. The first-order valence-corrected chi connectivity index (χ1v) is 9.13. The second kappa shape index (κ2) is 9.09. The molecule has 0 unspecified atom stereocenters. The number of nitrogens with one attached hydrogen (secondary N) is 2. The lowest BCUT2D eigenvalue weighted by Gasteiger charge is -2.18. The van der Waals surface area contributed by atoms with E-state index in [0.717, 1.165) is 16.8 Å². The number of hydrogen-bond acceptors (Lipinski definition) is 6. The average molecular weight is 398 g/mol. The van der Waals surface area contributed by atoms with Crippen LogP contribution in [-0.2, 0) is 14.3 Å². The first-order chi connectivity index (χ1) is 13.9. The van der Waals surface area contributed by atoms with Gasteiger partial charge in [0, 0.05) is 5.69 Å². The van der Waals surface area contributed by atoms with E-state index >= 15 is 0 Å². The molecule has 0 aliphatic carbocycles. The third-order valence-electron chi connectivity index (χ3n) is 4.30. The SMILES string of the molecule is Cc1cccc(C)c1NC(=O)CNC(=O)COC(=O)c1ccc2c(c1)OCCO2. The number of anilines is 1. The second-order valence-electron chi connectivity index (χ2n) is 6.53. The quantitative estimate of drug-likeness (QED) is 0.722. The summed E-state index contributed by atoms with van der Waals surface area (Å²) in [6, 6.07) is 10.3. The van der Waals surface area contributed by atoms with Crippen LogP contribution in [-0.4, -0.2) is 44.1 Å². The number of para-hydroxylation sites is 1. The Kier molecular flexibility index (Phi) is 6.33. The van der Waals surface area contributed by atoms with Crippen LogP contribution < -0.4 is 20.1 Å². The summed E-state index contributed by atoms with van der Waals surface area (Å²) in [6.45, 7) is 3.90. The normalized spacial score (nSPS) is 12.1. The van der Waals surface area contributed by atoms with Gasteiger partial charge in [-0.3, -0.25) is 9.59 Å². The monoisotopic (exact) mass is 398 g/mol. The molecule has 0 radical (unpaired) electrons. The Hall–Kier alpha value is -3.55. The molecule has 3 rings (SSSR count). The van der Waals surface area contributed by atoms with E-state index in [1.165, 1.54) is 12.1 Å². The van der Waals surface area contributed by atoms with Crippen molar-refractivity contribution >= 4 is 23.5 Å². The van der Waals surface area contributed by atoms with Gasteiger partial charge >= 0.3 is 5.97 Å². The summed E-state index contributed by atoms with van der Waals surface area (Å²) in [5.41, 5.74) is 2.82. The van der Waals surface area contributed by atoms with E-state index in [1.54, 1.807) is 6.07 Å². The van der Waals surface area contributed by atoms with Gasteiger partial charge in [0.15, 0.2) is 18.1 Å². The molecular weight excluding hydrogens is 376 g/mol. The fraction of sp³-hybridized carbons (Fsp3) is 0.286. The van der Waals surface area contributed by atoms with Gasteiger partial charge in [0.05, 0.1) is 12.1 Å². The summed E-state index contributed by atoms with van der Waals surface area (Å²) in [5.74, 6) is -0.600. The highest BCUT2D eigenvalue weighted by Crippen LogP contribution is 2.30. The molecule has 2 N–H and O–H groups in total. The Morgan fingerprint density at radius 3 is 2.38 bits per heavy atom. The number of amides is 2. The third-order valence-corrected chi connectivity index (χ3v) is 4.30. The van der Waals surface area contributed by atoms with Crippen LogP contribution in [0.4, 0.5) is 5.69 Å². The molecule has 152 valence electrons. The Morgan fingerprint density at radius 1 is 0.966 bits per heavy atom. The molecule has 2 amide bonds. The summed E-state index contributed by atoms with van der Waals surface area (Å²) in [6.07, 6.45) is 0. The molecule has 2 aromatic rings. The number of carbonyl (C=O) groups excluding carboxylic acids is 3. The van der Waals surface area contributed by atoms with Crippen molar-refractivity contribution in [2.24, 2.45) is 0 Å². The Bertz CT molecular complexity index is 921. The number of ether oxygens (including phenoxy) is 3. The first-order valence-electron chi connectivity index (χ1n) is 9.13. The lowest BCUT2D eigenvalue weighted by molar-refractivity contribution is -0.126. The lowest BCUT2D eigenvalue weighted by Crippen LogP contribution is -2.35. The van der Waals surface area contributed by atoms with Gasteiger partial charge in [-0.15, -0.1) is 0 Å². The summed E-state index contributed by atoms with van der Waals surface area (Å²) in [7, 11) is 0. The number of hydrogen-bond donors (Lipinski definition) is 2. The van der Waals surface area contributed by atoms with Crippen LogP contribution in [0.15, 0.2) is 36.4 Å². The van der Waals surface area contributed by atoms with Crippen molar-refractivity contribution < 1.29 is 28.6 Å². The number of rotatable bonds is 6. The van der Waals surface area contributed by atoms with Crippen molar-refractivity contribution in [1.29, 1.82) is 0 Å². The highest BCUT2D eigenvalue weighted by Gasteiger charge is 2.17. The zero-order chi connectivity index (χ0) is 20.8. The predicted octanol–water partition coefficient (Wildman–Crippen LogP) is 1.99. The second-order valence-corrected chi connectivity index (χ2v) is 6.53. The lowest BCUT2D eigenvalue weighted by atomic mass is 10.1. The number of benzene rings is 2. The highest BCUT2D eigenvalue weighted by molar-refractivity contribution is 5.96. The van der Waals surface area contributed by atoms with Crippen LogP contribution in [0.25, 0.3) is 0 Å². The van der Waals surface area contributed by atoms with E-state index in [1.807, 2.05) is 32.0 Å². The molecule has 29 heavy (non-hydrogen) atoms. The van der Waals surface area contributed by atoms with Gasteiger partial charge in [-0.05, 0) is 43.2 Å². The standard InChI is InChI=1S/C21H22N2O6/c1-13-4-3-5-14(2)20(13)23-18(24)11-22-19(25)12-29-21(26)15-6-7-16-17(10-15)28-9-8-27-16/h3-7,10H,8-9,11-12H2,1-2H3,(H,22,25)(H,23,24). The Morgan fingerprint density at radius 2 is 1.66 bits per heavy atom. The van der Waals surface area contributed by atoms with Crippen LogP contribution in [0.2, 0.25) is 0 Å². The van der Waals surface area contributed by atoms with Crippen molar-refractivity contribution in [3.63, 3.8) is 0 Å². The molecule has 2 aromatic carbocycles. The van der Waals surface area contributed by atoms with Gasteiger partial charge in [-0.25, -0.2) is 4.79 Å². The zero-order valence-corrected chi connectivity index (χ0v) is 16.2. The van der Waals surface area contributed by atoms with Crippen molar-refractivity contribution in [2.45, 2.75) is 13.8 Å².